The highest BCUT2D eigenvalue weighted by atomic mass is 32.2. The fourth-order valence-corrected chi connectivity index (χ4v) is 4.58. The molecule has 4 rings (SSSR count). The molecule has 0 atom stereocenters. The van der Waals surface area contributed by atoms with Gasteiger partial charge in [0.25, 0.3) is 15.9 Å². The number of nitrogens with zero attached hydrogens (tertiary/aromatic N) is 1. The number of rotatable bonds is 4. The van der Waals surface area contributed by atoms with E-state index in [0.717, 1.165) is 10.8 Å². The quantitative estimate of drug-likeness (QED) is 0.668. The first-order valence-corrected chi connectivity index (χ1v) is 10.3. The summed E-state index contributed by atoms with van der Waals surface area (Å²) in [6.45, 7) is 0. The number of hydrogen-bond donors (Lipinski definition) is 1. The van der Waals surface area contributed by atoms with Crippen molar-refractivity contribution in [2.45, 2.75) is 11.3 Å². The van der Waals surface area contributed by atoms with E-state index in [4.69, 9.17) is 4.74 Å². The molecule has 1 aliphatic heterocycles. The molecule has 29 heavy (non-hydrogen) atoms. The van der Waals surface area contributed by atoms with Crippen molar-refractivity contribution in [1.29, 1.82) is 0 Å². The normalized spacial score (nSPS) is 13.7. The van der Waals surface area contributed by atoms with Crippen molar-refractivity contribution in [3.05, 3.63) is 60.2 Å². The van der Waals surface area contributed by atoms with E-state index in [2.05, 4.69) is 5.32 Å². The van der Waals surface area contributed by atoms with Crippen LogP contribution in [0.2, 0.25) is 0 Å². The number of methoxy groups -OCH3 is 1. The molecule has 3 aromatic rings. The van der Waals surface area contributed by atoms with Gasteiger partial charge in [0.1, 0.15) is 5.75 Å². The number of ether oxygens (including phenoxy) is 1. The van der Waals surface area contributed by atoms with Gasteiger partial charge < -0.3 is 10.1 Å². The number of carbonyl (C=O) groups excluding carboxylic acids is 2. The van der Waals surface area contributed by atoms with E-state index in [1.807, 2.05) is 24.3 Å². The fourth-order valence-electron chi connectivity index (χ4n) is 3.35. The van der Waals surface area contributed by atoms with Crippen molar-refractivity contribution >= 4 is 43.9 Å². The van der Waals surface area contributed by atoms with Crippen LogP contribution in [-0.4, -0.2) is 34.3 Å². The lowest BCUT2D eigenvalue weighted by molar-refractivity contribution is -0.134. The Morgan fingerprint density at radius 1 is 1.03 bits per heavy atom. The first kappa shape index (κ1) is 18.9. The van der Waals surface area contributed by atoms with Crippen LogP contribution in [0.15, 0.2) is 59.5 Å². The van der Waals surface area contributed by atoms with Crippen LogP contribution in [0.3, 0.4) is 0 Å². The highest BCUT2D eigenvalue weighted by Crippen LogP contribution is 2.34. The standard InChI is InChI=1S/C21H18N2O5S/c1-23(15-9-13-5-3-4-6-17(13)20(12-15)28-2)29(26,27)16-7-8-18-14(10-16)11-19(24)21(25)22-18/h3-10,12H,11H2,1-2H3,(H,22,25). The Balaban J connectivity index is 1.76. The Bertz CT molecular complexity index is 1270. The summed E-state index contributed by atoms with van der Waals surface area (Å²) in [5.41, 5.74) is 1.37. The minimum atomic E-state index is -3.90. The van der Waals surface area contributed by atoms with Gasteiger partial charge in [0.05, 0.1) is 17.7 Å². The van der Waals surface area contributed by atoms with E-state index in [-0.39, 0.29) is 11.3 Å². The predicted molar refractivity (Wildman–Crippen MR) is 110 cm³/mol. The minimum Gasteiger partial charge on any atom is -0.496 e. The second-order valence-electron chi connectivity index (χ2n) is 6.71. The van der Waals surface area contributed by atoms with Crippen LogP contribution in [-0.2, 0) is 26.0 Å². The molecule has 3 aromatic carbocycles. The maximum atomic E-state index is 13.2. The van der Waals surface area contributed by atoms with Crippen LogP contribution in [0.5, 0.6) is 5.75 Å². The Kier molecular flexibility index (Phi) is 4.50. The zero-order chi connectivity index (χ0) is 20.8. The molecule has 1 heterocycles. The summed E-state index contributed by atoms with van der Waals surface area (Å²) >= 11 is 0. The van der Waals surface area contributed by atoms with Crippen molar-refractivity contribution in [3.8, 4) is 5.75 Å². The largest absolute Gasteiger partial charge is 0.496 e. The SMILES string of the molecule is COc1cc(N(C)S(=O)(=O)c2ccc3c(c2)CC(=O)C(=O)N3)cc2ccccc12. The van der Waals surface area contributed by atoms with Gasteiger partial charge in [-0.15, -0.1) is 0 Å². The Morgan fingerprint density at radius 3 is 2.55 bits per heavy atom. The molecule has 1 amide bonds. The lowest BCUT2D eigenvalue weighted by Gasteiger charge is -2.22. The number of ketones is 1. The summed E-state index contributed by atoms with van der Waals surface area (Å²) in [4.78, 5) is 23.2. The topological polar surface area (TPSA) is 92.8 Å². The molecule has 0 saturated heterocycles. The molecule has 0 aliphatic carbocycles. The van der Waals surface area contributed by atoms with Gasteiger partial charge in [0.2, 0.25) is 5.78 Å². The van der Waals surface area contributed by atoms with Crippen molar-refractivity contribution < 1.29 is 22.7 Å². The minimum absolute atomic E-state index is 0.0369. The summed E-state index contributed by atoms with van der Waals surface area (Å²) in [6.07, 6.45) is -0.127. The van der Waals surface area contributed by atoms with Gasteiger partial charge in [-0.25, -0.2) is 8.42 Å². The van der Waals surface area contributed by atoms with Gasteiger partial charge in [-0.2, -0.15) is 0 Å². The summed E-state index contributed by atoms with van der Waals surface area (Å²) in [5.74, 6) is -0.716. The molecule has 0 spiro atoms. The number of hydrogen-bond acceptors (Lipinski definition) is 5. The number of carbonyl (C=O) groups is 2. The third-order valence-electron chi connectivity index (χ3n) is 4.98. The predicted octanol–water partition coefficient (Wildman–Crippen LogP) is 2.74. The Labute approximate surface area is 167 Å². The van der Waals surface area contributed by atoms with Gasteiger partial charge in [0.15, 0.2) is 0 Å². The van der Waals surface area contributed by atoms with Crippen molar-refractivity contribution in [1.82, 2.24) is 0 Å². The molecule has 1 N–H and O–H groups in total. The van der Waals surface area contributed by atoms with Crippen LogP contribution >= 0.6 is 0 Å². The Hall–Kier alpha value is -3.39. The van der Waals surface area contributed by atoms with Gasteiger partial charge in [0, 0.05) is 30.6 Å². The number of amides is 1. The van der Waals surface area contributed by atoms with Crippen molar-refractivity contribution in [2.24, 2.45) is 0 Å². The number of benzene rings is 3. The first-order chi connectivity index (χ1) is 13.8. The third kappa shape index (κ3) is 3.21. The van der Waals surface area contributed by atoms with Crippen molar-refractivity contribution in [3.63, 3.8) is 0 Å². The highest BCUT2D eigenvalue weighted by molar-refractivity contribution is 7.92. The zero-order valence-electron chi connectivity index (χ0n) is 15.8. The third-order valence-corrected chi connectivity index (χ3v) is 6.76. The van der Waals surface area contributed by atoms with Crippen LogP contribution < -0.4 is 14.4 Å². The van der Waals surface area contributed by atoms with E-state index in [0.29, 0.717) is 22.7 Å². The molecule has 1 aliphatic rings. The molecule has 7 nitrogen and oxygen atoms in total. The number of Topliss-reactive ketones (excluding diaryl/α,β-unsaturated/α-hetero) is 1. The van der Waals surface area contributed by atoms with Gasteiger partial charge in [-0.05, 0) is 35.2 Å². The number of sulfonamides is 1. The molecule has 0 saturated carbocycles. The van der Waals surface area contributed by atoms with E-state index in [9.17, 15) is 18.0 Å². The second-order valence-corrected chi connectivity index (χ2v) is 8.68. The molecular formula is C21H18N2O5S. The summed E-state index contributed by atoms with van der Waals surface area (Å²) in [6, 6.07) is 15.3. The number of fused-ring (bicyclic) bond motifs is 2. The molecule has 0 bridgehead atoms. The summed E-state index contributed by atoms with van der Waals surface area (Å²) < 4.78 is 33.0. The first-order valence-electron chi connectivity index (χ1n) is 8.84. The molecular weight excluding hydrogens is 392 g/mol. The highest BCUT2D eigenvalue weighted by Gasteiger charge is 2.27. The molecule has 0 radical (unpaired) electrons. The van der Waals surface area contributed by atoms with E-state index < -0.39 is 21.7 Å². The molecule has 0 unspecified atom stereocenters. The van der Waals surface area contributed by atoms with E-state index in [1.54, 1.807) is 12.1 Å². The zero-order valence-corrected chi connectivity index (χ0v) is 16.6. The van der Waals surface area contributed by atoms with Crippen LogP contribution in [0.25, 0.3) is 10.8 Å². The molecule has 0 aromatic heterocycles. The molecule has 8 heteroatoms. The lowest BCUT2D eigenvalue weighted by atomic mass is 10.0. The molecule has 0 fully saturated rings. The summed E-state index contributed by atoms with van der Waals surface area (Å²) in [5, 5.41) is 4.20. The van der Waals surface area contributed by atoms with Crippen LogP contribution in [0.4, 0.5) is 11.4 Å². The van der Waals surface area contributed by atoms with Crippen molar-refractivity contribution in [2.75, 3.05) is 23.8 Å². The number of nitrogens with one attached hydrogen (secondary N) is 1. The number of anilines is 2. The van der Waals surface area contributed by atoms with E-state index >= 15 is 0 Å². The van der Waals surface area contributed by atoms with Gasteiger partial charge in [-0.3, -0.25) is 13.9 Å². The van der Waals surface area contributed by atoms with Gasteiger partial charge >= 0.3 is 0 Å². The van der Waals surface area contributed by atoms with E-state index in [1.165, 1.54) is 36.7 Å². The van der Waals surface area contributed by atoms with Crippen LogP contribution in [0.1, 0.15) is 5.56 Å². The Morgan fingerprint density at radius 2 is 1.79 bits per heavy atom. The summed E-state index contributed by atoms with van der Waals surface area (Å²) in [7, 11) is -0.896. The smallest absolute Gasteiger partial charge is 0.292 e. The maximum Gasteiger partial charge on any atom is 0.292 e. The lowest BCUT2D eigenvalue weighted by Crippen LogP contribution is -2.31. The fraction of sp³-hybridized carbons (Fsp3) is 0.143. The average Bonchev–Trinajstić information content (AvgIpc) is 2.72. The second kappa shape index (κ2) is 6.89. The van der Waals surface area contributed by atoms with Gasteiger partial charge in [-0.1, -0.05) is 24.3 Å². The molecule has 148 valence electrons. The monoisotopic (exact) mass is 410 g/mol. The maximum absolute atomic E-state index is 13.2. The van der Waals surface area contributed by atoms with Crippen LogP contribution in [0, 0.1) is 0 Å². The average molecular weight is 410 g/mol.